The topological polar surface area (TPSA) is 35.5 Å². The van der Waals surface area contributed by atoms with Gasteiger partial charge in [-0.2, -0.15) is 4.39 Å². The molecular formula is C28H31FO3Si. The van der Waals surface area contributed by atoms with Crippen LogP contribution in [0.15, 0.2) is 84.9 Å². The summed E-state index contributed by atoms with van der Waals surface area (Å²) < 4.78 is 27.5. The van der Waals surface area contributed by atoms with Gasteiger partial charge in [0, 0.05) is 13.0 Å². The highest BCUT2D eigenvalue weighted by molar-refractivity contribution is 6.99. The van der Waals surface area contributed by atoms with E-state index in [1.54, 1.807) is 12.1 Å². The summed E-state index contributed by atoms with van der Waals surface area (Å²) in [4.78, 5) is 12.6. The van der Waals surface area contributed by atoms with E-state index >= 15 is 4.39 Å². The summed E-state index contributed by atoms with van der Waals surface area (Å²) in [5, 5.41) is 2.10. The SMILES string of the molecule is Cc1ccccc1C(=O)O[C@]1(F)C[C@H]1CO[Si](c1ccccc1)(c1ccccc1)C(C)(C)C. The molecule has 0 radical (unpaired) electrons. The second kappa shape index (κ2) is 8.88. The van der Waals surface area contributed by atoms with Gasteiger partial charge in [0.15, 0.2) is 0 Å². The van der Waals surface area contributed by atoms with Crippen molar-refractivity contribution in [2.45, 2.75) is 45.0 Å². The molecule has 1 aliphatic rings. The van der Waals surface area contributed by atoms with Crippen LogP contribution in [0.25, 0.3) is 0 Å². The fourth-order valence-corrected chi connectivity index (χ4v) is 9.19. The number of rotatable bonds is 7. The number of halogens is 1. The van der Waals surface area contributed by atoms with Crippen molar-refractivity contribution in [3.63, 3.8) is 0 Å². The van der Waals surface area contributed by atoms with Gasteiger partial charge >= 0.3 is 5.97 Å². The lowest BCUT2D eigenvalue weighted by Crippen LogP contribution is -2.66. The van der Waals surface area contributed by atoms with Crippen molar-refractivity contribution in [3.05, 3.63) is 96.1 Å². The molecule has 1 fully saturated rings. The van der Waals surface area contributed by atoms with Crippen LogP contribution in [0.4, 0.5) is 4.39 Å². The van der Waals surface area contributed by atoms with E-state index in [1.165, 1.54) is 0 Å². The molecule has 0 aliphatic heterocycles. The summed E-state index contributed by atoms with van der Waals surface area (Å²) in [5.74, 6) is -3.08. The second-order valence-corrected chi connectivity index (χ2v) is 14.2. The highest BCUT2D eigenvalue weighted by Crippen LogP contribution is 2.50. The molecule has 1 aliphatic carbocycles. The van der Waals surface area contributed by atoms with Crippen LogP contribution < -0.4 is 10.4 Å². The monoisotopic (exact) mass is 462 g/mol. The summed E-state index contributed by atoms with van der Waals surface area (Å²) in [6.45, 7) is 8.58. The van der Waals surface area contributed by atoms with Gasteiger partial charge in [0.25, 0.3) is 14.2 Å². The van der Waals surface area contributed by atoms with Gasteiger partial charge in [-0.05, 0) is 34.0 Å². The Morgan fingerprint density at radius 3 is 1.97 bits per heavy atom. The lowest BCUT2D eigenvalue weighted by atomic mass is 10.1. The Morgan fingerprint density at radius 1 is 0.939 bits per heavy atom. The van der Waals surface area contributed by atoms with Crippen LogP contribution in [0.5, 0.6) is 0 Å². The molecule has 0 bridgehead atoms. The zero-order valence-corrected chi connectivity index (χ0v) is 20.7. The van der Waals surface area contributed by atoms with Gasteiger partial charge in [-0.25, -0.2) is 4.79 Å². The summed E-state index contributed by atoms with van der Waals surface area (Å²) in [7, 11) is -2.75. The molecule has 3 aromatic carbocycles. The predicted molar refractivity (Wildman–Crippen MR) is 132 cm³/mol. The standard InChI is InChI=1S/C28H31FO3Si/c1-21-13-11-12-18-25(21)26(30)32-28(29)19-22(28)20-31-33(27(2,3)4,23-14-7-5-8-15-23)24-16-9-6-10-17-24/h5-18,22H,19-20H2,1-4H3/t22-,28+/m0/s1. The number of carbonyl (C=O) groups is 1. The van der Waals surface area contributed by atoms with Crippen molar-refractivity contribution < 1.29 is 18.3 Å². The molecule has 3 nitrogen and oxygen atoms in total. The maximum Gasteiger partial charge on any atom is 0.341 e. The number of carbonyl (C=O) groups excluding carboxylic acids is 1. The van der Waals surface area contributed by atoms with Gasteiger partial charge in [-0.15, -0.1) is 0 Å². The number of benzene rings is 3. The van der Waals surface area contributed by atoms with Crippen molar-refractivity contribution in [1.82, 2.24) is 0 Å². The van der Waals surface area contributed by atoms with E-state index in [0.717, 1.165) is 15.9 Å². The Labute approximate surface area is 196 Å². The number of esters is 1. The minimum absolute atomic E-state index is 0.156. The Kier molecular flexibility index (Phi) is 6.30. The van der Waals surface area contributed by atoms with Gasteiger partial charge in [0.1, 0.15) is 0 Å². The Hall–Kier alpha value is -2.76. The van der Waals surface area contributed by atoms with Crippen molar-refractivity contribution in [2.24, 2.45) is 5.92 Å². The van der Waals surface area contributed by atoms with E-state index in [1.807, 2.05) is 55.5 Å². The molecule has 1 saturated carbocycles. The van der Waals surface area contributed by atoms with E-state index in [4.69, 9.17) is 9.16 Å². The van der Waals surface area contributed by atoms with Gasteiger partial charge in [0.05, 0.1) is 11.5 Å². The third-order valence-electron chi connectivity index (χ3n) is 6.52. The minimum atomic E-state index is -2.75. The first-order chi connectivity index (χ1) is 15.7. The molecule has 4 rings (SSSR count). The highest BCUT2D eigenvalue weighted by atomic mass is 28.4. The van der Waals surface area contributed by atoms with Crippen LogP contribution in [0.3, 0.4) is 0 Å². The first kappa shape index (κ1) is 23.4. The maximum atomic E-state index is 15.4. The third kappa shape index (κ3) is 4.52. The molecule has 0 unspecified atom stereocenters. The molecule has 3 aromatic rings. The highest BCUT2D eigenvalue weighted by Gasteiger charge is 2.61. The average Bonchev–Trinajstić information content (AvgIpc) is 3.43. The summed E-state index contributed by atoms with van der Waals surface area (Å²) in [6, 6.07) is 27.6. The molecule has 5 heteroatoms. The Balaban J connectivity index is 1.58. The molecule has 0 spiro atoms. The number of aryl methyl sites for hydroxylation is 1. The number of ether oxygens (including phenoxy) is 1. The third-order valence-corrected chi connectivity index (χ3v) is 11.5. The lowest BCUT2D eigenvalue weighted by molar-refractivity contribution is -0.0456. The van der Waals surface area contributed by atoms with E-state index < -0.39 is 26.1 Å². The summed E-state index contributed by atoms with van der Waals surface area (Å²) >= 11 is 0. The van der Waals surface area contributed by atoms with Crippen molar-refractivity contribution in [1.29, 1.82) is 0 Å². The van der Waals surface area contributed by atoms with E-state index in [0.29, 0.717) is 5.56 Å². The first-order valence-corrected chi connectivity index (χ1v) is 13.3. The molecule has 172 valence electrons. The average molecular weight is 463 g/mol. The van der Waals surface area contributed by atoms with Crippen molar-refractivity contribution in [2.75, 3.05) is 6.61 Å². The van der Waals surface area contributed by atoms with Gasteiger partial charge in [-0.3, -0.25) is 0 Å². The zero-order chi connectivity index (χ0) is 23.7. The van der Waals surface area contributed by atoms with Crippen LogP contribution in [0.2, 0.25) is 5.04 Å². The first-order valence-electron chi connectivity index (χ1n) is 11.4. The normalized spacial score (nSPS) is 20.3. The van der Waals surface area contributed by atoms with Crippen LogP contribution in [0, 0.1) is 12.8 Å². The van der Waals surface area contributed by atoms with Gasteiger partial charge in [0.2, 0.25) is 0 Å². The molecule has 0 N–H and O–H groups in total. The van der Waals surface area contributed by atoms with E-state index in [2.05, 4.69) is 45.0 Å². The van der Waals surface area contributed by atoms with Crippen LogP contribution in [-0.2, 0) is 9.16 Å². The molecule has 0 heterocycles. The minimum Gasteiger partial charge on any atom is -0.424 e. The lowest BCUT2D eigenvalue weighted by Gasteiger charge is -2.43. The van der Waals surface area contributed by atoms with E-state index in [9.17, 15) is 4.79 Å². The molecule has 0 saturated heterocycles. The largest absolute Gasteiger partial charge is 0.424 e. The Bertz CT molecular complexity index is 1070. The molecule has 0 aromatic heterocycles. The zero-order valence-electron chi connectivity index (χ0n) is 19.7. The molecule has 2 atom stereocenters. The number of hydrogen-bond donors (Lipinski definition) is 0. The van der Waals surface area contributed by atoms with E-state index in [-0.39, 0.29) is 18.1 Å². The number of hydrogen-bond acceptors (Lipinski definition) is 3. The van der Waals surface area contributed by atoms with Gasteiger partial charge in [-0.1, -0.05) is 99.6 Å². The van der Waals surface area contributed by atoms with Crippen molar-refractivity contribution >= 4 is 24.7 Å². The molecule has 0 amide bonds. The second-order valence-electron chi connectivity index (χ2n) is 9.87. The smallest absolute Gasteiger partial charge is 0.341 e. The van der Waals surface area contributed by atoms with Gasteiger partial charge < -0.3 is 9.16 Å². The Morgan fingerprint density at radius 2 is 1.45 bits per heavy atom. The maximum absolute atomic E-state index is 15.4. The van der Waals surface area contributed by atoms with Crippen LogP contribution >= 0.6 is 0 Å². The predicted octanol–water partition coefficient (Wildman–Crippen LogP) is 5.41. The quantitative estimate of drug-likeness (QED) is 0.348. The molecular weight excluding hydrogens is 431 g/mol. The molecule has 33 heavy (non-hydrogen) atoms. The summed E-state index contributed by atoms with van der Waals surface area (Å²) in [6.07, 6.45) is 0.156. The fourth-order valence-electron chi connectivity index (χ4n) is 4.58. The van der Waals surface area contributed by atoms with Crippen LogP contribution in [0.1, 0.15) is 43.1 Å². The van der Waals surface area contributed by atoms with Crippen molar-refractivity contribution in [3.8, 4) is 0 Å². The number of alkyl halides is 1. The van der Waals surface area contributed by atoms with Crippen LogP contribution in [-0.4, -0.2) is 26.7 Å². The summed E-state index contributed by atoms with van der Waals surface area (Å²) in [5.41, 5.74) is 1.17. The fraction of sp³-hybridized carbons (Fsp3) is 0.321.